The molecule has 1 saturated heterocycles. The average Bonchev–Trinajstić information content (AvgIpc) is 2.72. The van der Waals surface area contributed by atoms with Crippen LogP contribution >= 0.6 is 0 Å². The van der Waals surface area contributed by atoms with Gasteiger partial charge in [0.15, 0.2) is 0 Å². The molecule has 0 atom stereocenters. The van der Waals surface area contributed by atoms with Crippen LogP contribution in [0.2, 0.25) is 0 Å². The van der Waals surface area contributed by atoms with Gasteiger partial charge < -0.3 is 15.0 Å². The van der Waals surface area contributed by atoms with E-state index >= 15 is 0 Å². The van der Waals surface area contributed by atoms with E-state index in [-0.39, 0.29) is 5.91 Å². The number of ether oxygens (including phenoxy) is 1. The van der Waals surface area contributed by atoms with Gasteiger partial charge in [0.2, 0.25) is 0 Å². The van der Waals surface area contributed by atoms with Gasteiger partial charge in [0.05, 0.1) is 7.11 Å². The Morgan fingerprint density at radius 1 is 1.04 bits per heavy atom. The van der Waals surface area contributed by atoms with Gasteiger partial charge in [0.1, 0.15) is 5.75 Å². The molecule has 5 nitrogen and oxygen atoms in total. The van der Waals surface area contributed by atoms with Crippen LogP contribution in [0.3, 0.4) is 0 Å². The molecular weight excluding hydrogens is 326 g/mol. The van der Waals surface area contributed by atoms with Gasteiger partial charge in [-0.2, -0.15) is 0 Å². The van der Waals surface area contributed by atoms with E-state index in [0.29, 0.717) is 17.9 Å². The number of hydrogen-bond acceptors (Lipinski definition) is 4. The Morgan fingerprint density at radius 2 is 1.81 bits per heavy atom. The van der Waals surface area contributed by atoms with Crippen molar-refractivity contribution in [2.45, 2.75) is 6.42 Å². The predicted octanol–water partition coefficient (Wildman–Crippen LogP) is 2.64. The van der Waals surface area contributed by atoms with Gasteiger partial charge in [-0.05, 0) is 43.3 Å². The maximum Gasteiger partial charge on any atom is 0.251 e. The Labute approximate surface area is 155 Å². The summed E-state index contributed by atoms with van der Waals surface area (Å²) in [6.45, 7) is 5.95. The zero-order valence-corrected chi connectivity index (χ0v) is 15.4. The lowest BCUT2D eigenvalue weighted by molar-refractivity contribution is 0.0951. The summed E-state index contributed by atoms with van der Waals surface area (Å²) in [7, 11) is 1.61. The molecule has 0 aromatic heterocycles. The van der Waals surface area contributed by atoms with E-state index in [1.807, 2.05) is 12.1 Å². The molecule has 0 aliphatic carbocycles. The zero-order chi connectivity index (χ0) is 18.2. The minimum Gasteiger partial charge on any atom is -0.497 e. The Kier molecular flexibility index (Phi) is 6.50. The highest BCUT2D eigenvalue weighted by Crippen LogP contribution is 2.15. The lowest BCUT2D eigenvalue weighted by Crippen LogP contribution is -2.47. The second kappa shape index (κ2) is 9.25. The van der Waals surface area contributed by atoms with Crippen LogP contribution in [0.5, 0.6) is 5.75 Å². The molecule has 3 rings (SSSR count). The van der Waals surface area contributed by atoms with Gasteiger partial charge in [-0.15, -0.1) is 0 Å². The molecule has 1 N–H and O–H groups in total. The summed E-state index contributed by atoms with van der Waals surface area (Å²) in [6.07, 6.45) is 0.959. The van der Waals surface area contributed by atoms with Crippen molar-refractivity contribution in [3.63, 3.8) is 0 Å². The number of methoxy groups -OCH3 is 1. The zero-order valence-electron chi connectivity index (χ0n) is 15.4. The maximum atomic E-state index is 12.2. The molecule has 1 aliphatic rings. The lowest BCUT2D eigenvalue weighted by Gasteiger charge is -2.36. The topological polar surface area (TPSA) is 44.8 Å². The number of nitrogens with one attached hydrogen (secondary N) is 1. The number of carbonyl (C=O) groups excluding carboxylic acids is 1. The quantitative estimate of drug-likeness (QED) is 0.778. The van der Waals surface area contributed by atoms with Crippen molar-refractivity contribution >= 4 is 11.6 Å². The van der Waals surface area contributed by atoms with E-state index in [4.69, 9.17) is 4.74 Å². The maximum absolute atomic E-state index is 12.2. The monoisotopic (exact) mass is 353 g/mol. The number of para-hydroxylation sites is 1. The summed E-state index contributed by atoms with van der Waals surface area (Å²) in [5, 5.41) is 2.99. The van der Waals surface area contributed by atoms with Crippen LogP contribution < -0.4 is 15.0 Å². The highest BCUT2D eigenvalue weighted by atomic mass is 16.5. The average molecular weight is 353 g/mol. The van der Waals surface area contributed by atoms with Crippen molar-refractivity contribution in [1.82, 2.24) is 10.2 Å². The van der Waals surface area contributed by atoms with Crippen LogP contribution in [-0.4, -0.2) is 57.2 Å². The first-order chi connectivity index (χ1) is 12.8. The minimum absolute atomic E-state index is 0.0437. The molecule has 1 aliphatic heterocycles. The SMILES string of the molecule is COc1cccc(C(=O)NCCCN2CCN(c3ccccc3)CC2)c1. The summed E-state index contributed by atoms with van der Waals surface area (Å²) in [4.78, 5) is 17.1. The summed E-state index contributed by atoms with van der Waals surface area (Å²) >= 11 is 0. The third-order valence-corrected chi connectivity index (χ3v) is 4.76. The van der Waals surface area contributed by atoms with Gasteiger partial charge in [0.25, 0.3) is 5.91 Å². The highest BCUT2D eigenvalue weighted by molar-refractivity contribution is 5.94. The molecule has 1 fully saturated rings. The van der Waals surface area contributed by atoms with Crippen LogP contribution in [0, 0.1) is 0 Å². The standard InChI is InChI=1S/C21H27N3O2/c1-26-20-10-5-7-18(17-20)21(25)22-11-6-12-23-13-15-24(16-14-23)19-8-3-2-4-9-19/h2-5,7-10,17H,6,11-16H2,1H3,(H,22,25). The largest absolute Gasteiger partial charge is 0.497 e. The summed E-state index contributed by atoms with van der Waals surface area (Å²) in [6, 6.07) is 17.8. The van der Waals surface area contributed by atoms with Crippen LogP contribution in [0.4, 0.5) is 5.69 Å². The first-order valence-corrected chi connectivity index (χ1v) is 9.21. The Morgan fingerprint density at radius 3 is 2.54 bits per heavy atom. The Hall–Kier alpha value is -2.53. The van der Waals surface area contributed by atoms with Crippen molar-refractivity contribution in [3.05, 3.63) is 60.2 Å². The van der Waals surface area contributed by atoms with Gasteiger partial charge in [-0.3, -0.25) is 9.69 Å². The van der Waals surface area contributed by atoms with Crippen molar-refractivity contribution in [1.29, 1.82) is 0 Å². The molecule has 138 valence electrons. The second-order valence-electron chi connectivity index (χ2n) is 6.51. The number of nitrogens with zero attached hydrogens (tertiary/aromatic N) is 2. The third-order valence-electron chi connectivity index (χ3n) is 4.76. The molecule has 0 bridgehead atoms. The van der Waals surface area contributed by atoms with Gasteiger partial charge in [-0.25, -0.2) is 0 Å². The number of hydrogen-bond donors (Lipinski definition) is 1. The molecule has 0 unspecified atom stereocenters. The molecule has 0 spiro atoms. The molecule has 1 heterocycles. The van der Waals surface area contributed by atoms with Crippen molar-refractivity contribution in [3.8, 4) is 5.75 Å². The highest BCUT2D eigenvalue weighted by Gasteiger charge is 2.16. The fourth-order valence-corrected chi connectivity index (χ4v) is 3.24. The predicted molar refractivity (Wildman–Crippen MR) is 105 cm³/mol. The van der Waals surface area contributed by atoms with Crippen LogP contribution in [0.1, 0.15) is 16.8 Å². The third kappa shape index (κ3) is 4.99. The Bertz CT molecular complexity index is 697. The molecule has 2 aromatic rings. The molecule has 1 amide bonds. The van der Waals surface area contributed by atoms with Crippen molar-refractivity contribution < 1.29 is 9.53 Å². The normalized spacial score (nSPS) is 14.9. The van der Waals surface area contributed by atoms with Crippen LogP contribution in [-0.2, 0) is 0 Å². The van der Waals surface area contributed by atoms with E-state index in [1.165, 1.54) is 5.69 Å². The van der Waals surface area contributed by atoms with Crippen LogP contribution in [0.15, 0.2) is 54.6 Å². The molecule has 26 heavy (non-hydrogen) atoms. The van der Waals surface area contributed by atoms with E-state index in [9.17, 15) is 4.79 Å². The van der Waals surface area contributed by atoms with Gasteiger partial charge in [0, 0.05) is 44.0 Å². The van der Waals surface area contributed by atoms with Crippen molar-refractivity contribution in [2.24, 2.45) is 0 Å². The molecular formula is C21H27N3O2. The Balaban J connectivity index is 1.35. The number of carbonyl (C=O) groups is 1. The van der Waals surface area contributed by atoms with Gasteiger partial charge >= 0.3 is 0 Å². The fourth-order valence-electron chi connectivity index (χ4n) is 3.24. The lowest BCUT2D eigenvalue weighted by atomic mass is 10.2. The van der Waals surface area contributed by atoms with E-state index < -0.39 is 0 Å². The number of rotatable bonds is 7. The summed E-state index contributed by atoms with van der Waals surface area (Å²) in [5.41, 5.74) is 1.94. The second-order valence-corrected chi connectivity index (χ2v) is 6.51. The van der Waals surface area contributed by atoms with Gasteiger partial charge in [-0.1, -0.05) is 24.3 Å². The smallest absolute Gasteiger partial charge is 0.251 e. The van der Waals surface area contributed by atoms with E-state index in [1.54, 1.807) is 19.2 Å². The summed E-state index contributed by atoms with van der Waals surface area (Å²) in [5.74, 6) is 0.659. The van der Waals surface area contributed by atoms with Crippen molar-refractivity contribution in [2.75, 3.05) is 51.3 Å². The van der Waals surface area contributed by atoms with E-state index in [0.717, 1.165) is 39.1 Å². The molecule has 5 heteroatoms. The first-order valence-electron chi connectivity index (χ1n) is 9.21. The fraction of sp³-hybridized carbons (Fsp3) is 0.381. The summed E-state index contributed by atoms with van der Waals surface area (Å²) < 4.78 is 5.16. The molecule has 0 radical (unpaired) electrons. The number of amides is 1. The van der Waals surface area contributed by atoms with E-state index in [2.05, 4.69) is 45.4 Å². The van der Waals surface area contributed by atoms with Crippen LogP contribution in [0.25, 0.3) is 0 Å². The number of anilines is 1. The number of benzene rings is 2. The minimum atomic E-state index is -0.0437. The molecule has 0 saturated carbocycles. The first kappa shape index (κ1) is 18.3. The number of piperazine rings is 1. The molecule has 2 aromatic carbocycles.